The number of carbonyl (C=O) groups is 2. The van der Waals surface area contributed by atoms with Gasteiger partial charge in [0, 0.05) is 19.1 Å². The molecule has 1 aromatic carbocycles. The minimum atomic E-state index is -5.03. The van der Waals surface area contributed by atoms with Crippen LogP contribution < -0.4 is 0 Å². The van der Waals surface area contributed by atoms with E-state index in [1.165, 1.54) is 36.9 Å². The molecule has 2 fully saturated rings. The molecule has 9 atom stereocenters. The Balaban J connectivity index is 1.50. The van der Waals surface area contributed by atoms with Crippen LogP contribution in [-0.4, -0.2) is 38.4 Å². The maximum atomic E-state index is 14.5. The van der Waals surface area contributed by atoms with E-state index in [9.17, 15) is 22.8 Å². The van der Waals surface area contributed by atoms with Crippen LogP contribution in [0.4, 0.5) is 13.2 Å². The van der Waals surface area contributed by atoms with Crippen LogP contribution in [0.3, 0.4) is 0 Å². The van der Waals surface area contributed by atoms with Crippen LogP contribution in [0, 0.1) is 40.4 Å². The molecule has 0 amide bonds. The van der Waals surface area contributed by atoms with Gasteiger partial charge in [-0.05, 0) is 111 Å². The fraction of sp³-hybridized carbons (Fsp3) is 0.650. The van der Waals surface area contributed by atoms with Crippen LogP contribution in [0.25, 0.3) is 0 Å². The molecule has 1 aromatic rings. The van der Waals surface area contributed by atoms with Crippen molar-refractivity contribution in [1.29, 1.82) is 0 Å². The van der Waals surface area contributed by atoms with Crippen molar-refractivity contribution in [1.82, 2.24) is 0 Å². The summed E-state index contributed by atoms with van der Waals surface area (Å²) in [5.41, 5.74) is -0.385. The van der Waals surface area contributed by atoms with Crippen LogP contribution >= 0.6 is 0 Å². The van der Waals surface area contributed by atoms with Crippen molar-refractivity contribution in [2.45, 2.75) is 110 Å². The number of carbonyl (C=O) groups excluding carboxylic acids is 2. The van der Waals surface area contributed by atoms with Gasteiger partial charge in [0.2, 0.25) is 0 Å². The molecule has 3 aliphatic rings. The van der Waals surface area contributed by atoms with Crippen molar-refractivity contribution in [2.24, 2.45) is 40.4 Å². The van der Waals surface area contributed by atoms with E-state index in [1.807, 2.05) is 0 Å². The molecule has 266 valence electrons. The summed E-state index contributed by atoms with van der Waals surface area (Å²) >= 11 is 0. The molecule has 0 heterocycles. The van der Waals surface area contributed by atoms with Gasteiger partial charge in [0.15, 0.2) is 0 Å². The molecule has 4 rings (SSSR count). The summed E-state index contributed by atoms with van der Waals surface area (Å²) in [4.78, 5) is 25.6. The smallest absolute Gasteiger partial charge is 0.432 e. The van der Waals surface area contributed by atoms with E-state index < -0.39 is 23.9 Å². The summed E-state index contributed by atoms with van der Waals surface area (Å²) in [5, 5.41) is 0. The van der Waals surface area contributed by atoms with E-state index in [2.05, 4.69) is 46.9 Å². The summed E-state index contributed by atoms with van der Waals surface area (Å²) in [6, 6.07) is 6.91. The Kier molecular flexibility index (Phi) is 11.5. The lowest BCUT2D eigenvalue weighted by atomic mass is 9.48. The lowest BCUT2D eigenvalue weighted by Gasteiger charge is -2.56. The van der Waals surface area contributed by atoms with E-state index in [-0.39, 0.29) is 28.3 Å². The first-order valence-corrected chi connectivity index (χ1v) is 17.4. The number of alkyl halides is 3. The average Bonchev–Trinajstić information content (AvgIpc) is 3.39. The quantitative estimate of drug-likeness (QED) is 0.154. The molecule has 2 saturated carbocycles. The molecule has 3 aliphatic carbocycles. The third kappa shape index (κ3) is 6.80. The topological polar surface area (TPSA) is 61.8 Å². The summed E-state index contributed by atoms with van der Waals surface area (Å²) in [6.45, 7) is 19.1. The Morgan fingerprint density at radius 1 is 1.02 bits per heavy atom. The highest BCUT2D eigenvalue weighted by atomic mass is 19.4. The number of allylic oxidation sites excluding steroid dienone is 3. The first-order valence-electron chi connectivity index (χ1n) is 17.4. The van der Waals surface area contributed by atoms with Crippen molar-refractivity contribution in [3.63, 3.8) is 0 Å². The van der Waals surface area contributed by atoms with Gasteiger partial charge in [-0.1, -0.05) is 81.5 Å². The number of ether oxygens (including phenoxy) is 3. The van der Waals surface area contributed by atoms with E-state index in [4.69, 9.17) is 14.2 Å². The molecule has 0 radical (unpaired) electrons. The van der Waals surface area contributed by atoms with Gasteiger partial charge in [-0.2, -0.15) is 13.2 Å². The Bertz CT molecular complexity index is 1380. The largest absolute Gasteiger partial charge is 0.469 e. The fourth-order valence-electron chi connectivity index (χ4n) is 9.83. The van der Waals surface area contributed by atoms with Crippen molar-refractivity contribution in [3.8, 4) is 0 Å². The van der Waals surface area contributed by atoms with Gasteiger partial charge >= 0.3 is 18.1 Å². The summed E-state index contributed by atoms with van der Waals surface area (Å²) in [6.07, 6.45) is 4.03. The SMILES string of the molecule is C=C(C)[C@@H](CC[C@@H](C)[C@H]1CC[C@@]2(C)C3=CC[C@@H](C(=C)C)[C@](C)(CCC(=O)OC)[C@H]3CC[C@H]12)OC(=O)[C@](OC)(c1ccccc1)C(F)(F)F. The van der Waals surface area contributed by atoms with Gasteiger partial charge in [-0.25, -0.2) is 4.79 Å². The molecule has 8 heteroatoms. The van der Waals surface area contributed by atoms with E-state index in [0.717, 1.165) is 51.2 Å². The zero-order chi connectivity index (χ0) is 35.7. The Morgan fingerprint density at radius 2 is 1.69 bits per heavy atom. The van der Waals surface area contributed by atoms with Crippen LogP contribution in [0.1, 0.15) is 98.0 Å². The molecule has 0 bridgehead atoms. The second kappa shape index (κ2) is 14.5. The number of halogens is 3. The minimum Gasteiger partial charge on any atom is -0.469 e. The number of rotatable bonds is 13. The van der Waals surface area contributed by atoms with Gasteiger partial charge in [0.05, 0.1) is 7.11 Å². The van der Waals surface area contributed by atoms with Gasteiger partial charge < -0.3 is 14.2 Å². The summed E-state index contributed by atoms with van der Waals surface area (Å²) < 4.78 is 59.2. The summed E-state index contributed by atoms with van der Waals surface area (Å²) in [7, 11) is 2.33. The second-order valence-electron chi connectivity index (χ2n) is 15.3. The third-order valence-corrected chi connectivity index (χ3v) is 12.6. The van der Waals surface area contributed by atoms with Crippen LogP contribution in [0.15, 0.2) is 66.3 Å². The first-order chi connectivity index (χ1) is 22.5. The number of methoxy groups -OCH3 is 2. The normalized spacial score (nSPS) is 30.9. The lowest BCUT2D eigenvalue weighted by Crippen LogP contribution is -2.52. The predicted octanol–water partition coefficient (Wildman–Crippen LogP) is 9.92. The highest BCUT2D eigenvalue weighted by molar-refractivity contribution is 5.83. The highest BCUT2D eigenvalue weighted by Crippen LogP contribution is 2.67. The number of hydrogen-bond acceptors (Lipinski definition) is 5. The average molecular weight is 673 g/mol. The molecule has 0 unspecified atom stereocenters. The van der Waals surface area contributed by atoms with Crippen LogP contribution in [0.5, 0.6) is 0 Å². The standard InChI is InChI=1S/C40H55F3O5/c1-25(2)30-16-18-33-32(37(30,6)24-22-35(44)46-8)19-17-31-29(21-23-38(31,33)7)27(5)15-20-34(26(3)4)48-36(45)39(47-9,40(41,42)43)28-13-11-10-12-14-28/h10-14,18,27,29-32,34H,1,3,15-17,19-24H2,2,4-9H3/t27-,29-,30+,31-,32+,34-,37+,38-,39-/m1/s1. The lowest BCUT2D eigenvalue weighted by molar-refractivity contribution is -0.277. The maximum Gasteiger partial charge on any atom is 0.432 e. The highest BCUT2D eigenvalue weighted by Gasteiger charge is 2.64. The van der Waals surface area contributed by atoms with Crippen LogP contribution in [-0.2, 0) is 29.4 Å². The number of benzene rings is 1. The minimum absolute atomic E-state index is 0.0507. The van der Waals surface area contributed by atoms with Crippen molar-refractivity contribution in [3.05, 3.63) is 71.8 Å². The zero-order valence-electron chi connectivity index (χ0n) is 29.9. The van der Waals surface area contributed by atoms with Gasteiger partial charge in [-0.3, -0.25) is 4.79 Å². The third-order valence-electron chi connectivity index (χ3n) is 12.6. The summed E-state index contributed by atoms with van der Waals surface area (Å²) in [5.74, 6) is 0.226. The number of esters is 2. The zero-order valence-corrected chi connectivity index (χ0v) is 29.9. The van der Waals surface area contributed by atoms with Crippen molar-refractivity contribution in [2.75, 3.05) is 14.2 Å². The van der Waals surface area contributed by atoms with Gasteiger partial charge in [0.1, 0.15) is 6.10 Å². The monoisotopic (exact) mass is 672 g/mol. The van der Waals surface area contributed by atoms with Crippen molar-refractivity contribution < 1.29 is 37.0 Å². The van der Waals surface area contributed by atoms with E-state index in [1.54, 1.807) is 13.0 Å². The number of fused-ring (bicyclic) bond motifs is 3. The van der Waals surface area contributed by atoms with E-state index >= 15 is 0 Å². The molecular weight excluding hydrogens is 617 g/mol. The Morgan fingerprint density at radius 3 is 2.25 bits per heavy atom. The first kappa shape index (κ1) is 37.9. The van der Waals surface area contributed by atoms with Gasteiger partial charge in [-0.15, -0.1) is 0 Å². The molecule has 0 aromatic heterocycles. The Labute approximate surface area is 285 Å². The maximum absolute atomic E-state index is 14.5. The molecule has 0 saturated heterocycles. The molecule has 48 heavy (non-hydrogen) atoms. The predicted molar refractivity (Wildman–Crippen MR) is 182 cm³/mol. The second-order valence-corrected chi connectivity index (χ2v) is 15.3. The van der Waals surface area contributed by atoms with Gasteiger partial charge in [0.25, 0.3) is 5.60 Å². The molecule has 5 nitrogen and oxygen atoms in total. The molecule has 0 aliphatic heterocycles. The fourth-order valence-corrected chi connectivity index (χ4v) is 9.83. The Hall–Kier alpha value is -2.87. The van der Waals surface area contributed by atoms with Crippen molar-refractivity contribution >= 4 is 11.9 Å². The van der Waals surface area contributed by atoms with Crippen LogP contribution in [0.2, 0.25) is 0 Å². The molecular formula is C40H55F3O5. The number of hydrogen-bond donors (Lipinski definition) is 0. The molecule has 0 N–H and O–H groups in total. The molecule has 0 spiro atoms. The van der Waals surface area contributed by atoms with E-state index in [0.29, 0.717) is 48.5 Å².